The van der Waals surface area contributed by atoms with Crippen molar-refractivity contribution in [3.63, 3.8) is 0 Å². The molecule has 4 nitrogen and oxygen atoms in total. The molecule has 2 aromatic rings. The summed E-state index contributed by atoms with van der Waals surface area (Å²) in [6, 6.07) is 17.5. The zero-order chi connectivity index (χ0) is 20.1. The van der Waals surface area contributed by atoms with Gasteiger partial charge in [-0.15, -0.1) is 0 Å². The van der Waals surface area contributed by atoms with Crippen molar-refractivity contribution in [3.05, 3.63) is 59.7 Å². The molecule has 2 heterocycles. The van der Waals surface area contributed by atoms with Crippen molar-refractivity contribution in [1.29, 1.82) is 0 Å². The van der Waals surface area contributed by atoms with E-state index in [0.29, 0.717) is 24.4 Å². The first-order valence-electron chi connectivity index (χ1n) is 9.78. The molecule has 0 N–H and O–H groups in total. The van der Waals surface area contributed by atoms with Crippen LogP contribution in [0.25, 0.3) is 0 Å². The van der Waals surface area contributed by atoms with Gasteiger partial charge in [0.15, 0.2) is 0 Å². The number of hydrogen-bond acceptors (Lipinski definition) is 4. The van der Waals surface area contributed by atoms with Crippen molar-refractivity contribution in [2.45, 2.75) is 12.8 Å². The van der Waals surface area contributed by atoms with E-state index in [2.05, 4.69) is 90.1 Å². The molecule has 0 saturated carbocycles. The fraction of sp³-hybridized carbons (Fsp3) is 0.300. The Balaban J connectivity index is 1.57. The predicted molar refractivity (Wildman–Crippen MR) is 125 cm³/mol. The molecule has 0 atom stereocenters. The Morgan fingerprint density at radius 2 is 1.38 bits per heavy atom. The molecule has 2 aliphatic rings. The van der Waals surface area contributed by atoms with Crippen LogP contribution < -0.4 is 8.92 Å². The molecular formula is C20H20Li2N2O2Se3. The van der Waals surface area contributed by atoms with Crippen molar-refractivity contribution in [3.8, 4) is 0 Å². The molecule has 0 spiro atoms. The molecule has 0 unspecified atom stereocenters. The van der Waals surface area contributed by atoms with Crippen molar-refractivity contribution in [2.24, 2.45) is 9.98 Å². The van der Waals surface area contributed by atoms with Crippen LogP contribution in [0.15, 0.2) is 58.5 Å². The molecule has 4 rings (SSSR count). The second-order valence-corrected chi connectivity index (χ2v) is 34.9. The van der Waals surface area contributed by atoms with Gasteiger partial charge in [0.2, 0.25) is 0 Å². The molecule has 0 aromatic heterocycles. The maximum absolute atomic E-state index is 5.92. The third kappa shape index (κ3) is 5.69. The zero-order valence-electron chi connectivity index (χ0n) is 16.8. The molecule has 9 heteroatoms. The van der Waals surface area contributed by atoms with Gasteiger partial charge < -0.3 is 0 Å². The van der Waals surface area contributed by atoms with Crippen LogP contribution in [0.2, 0.25) is 0 Å². The fourth-order valence-electron chi connectivity index (χ4n) is 3.19. The minimum absolute atomic E-state index is 0.429. The Kier molecular flexibility index (Phi) is 8.19. The number of hydrogen-bond donors (Lipinski definition) is 0. The summed E-state index contributed by atoms with van der Waals surface area (Å²) in [6.07, 6.45) is 2.04. The van der Waals surface area contributed by atoms with Gasteiger partial charge in [0.1, 0.15) is 0 Å². The van der Waals surface area contributed by atoms with Gasteiger partial charge in [0, 0.05) is 0 Å². The van der Waals surface area contributed by atoms with E-state index < -0.39 is 6.64 Å². The van der Waals surface area contributed by atoms with Crippen LogP contribution in [0.3, 0.4) is 0 Å². The second kappa shape index (κ2) is 10.6. The van der Waals surface area contributed by atoms with Gasteiger partial charge in [-0.25, -0.2) is 0 Å². The molecule has 0 bridgehead atoms. The summed E-state index contributed by atoms with van der Waals surface area (Å²) in [5.74, 6) is 1.70. The van der Waals surface area contributed by atoms with E-state index in [1.165, 1.54) is 20.1 Å². The normalized spacial score (nSPS) is 17.7. The molecule has 2 aliphatic heterocycles. The van der Waals surface area contributed by atoms with Crippen molar-refractivity contribution in [2.75, 3.05) is 26.3 Å². The van der Waals surface area contributed by atoms with Crippen LogP contribution in [-0.2, 0) is 9.47 Å². The summed E-state index contributed by atoms with van der Waals surface area (Å²) in [4.78, 5) is 9.30. The van der Waals surface area contributed by atoms with Gasteiger partial charge in [0.25, 0.3) is 0 Å². The number of benzene rings is 2. The standard InChI is InChI=1S/C20H20N2O2Se3.2Li/c1-3-9-17(15(7-1)19-21-11-5-13-23-19)25-27-26-18-10-4-2-8-16(18)20-22-12-6-14-24-20;;/h1-4,7-10H,5-6,11-14H2;;. The topological polar surface area (TPSA) is 43.2 Å². The van der Waals surface area contributed by atoms with Crippen LogP contribution in [0.4, 0.5) is 0 Å². The average molecular weight is 571 g/mol. The molecule has 0 aliphatic carbocycles. The van der Waals surface area contributed by atoms with Gasteiger partial charge in [-0.05, 0) is 0 Å². The summed E-state index contributed by atoms with van der Waals surface area (Å²) in [5.41, 5.74) is 2.43. The van der Waals surface area contributed by atoms with Crippen LogP contribution in [0.5, 0.6) is 0 Å². The Morgan fingerprint density at radius 3 is 2.03 bits per heavy atom. The molecule has 0 saturated heterocycles. The van der Waals surface area contributed by atoms with Gasteiger partial charge >= 0.3 is 202 Å². The van der Waals surface area contributed by atoms with Gasteiger partial charge in [0.05, 0.1) is 0 Å². The molecular weight excluding hydrogens is 551 g/mol. The Labute approximate surface area is 199 Å². The first-order chi connectivity index (χ1) is 14.1. The number of rotatable bonds is 6. The Morgan fingerprint density at radius 1 is 0.793 bits per heavy atom. The first kappa shape index (κ1) is 22.3. The number of ether oxygens (including phenoxy) is 2. The van der Waals surface area contributed by atoms with Gasteiger partial charge in [-0.3, -0.25) is 0 Å². The van der Waals surface area contributed by atoms with E-state index in [1.54, 1.807) is 0 Å². The van der Waals surface area contributed by atoms with Crippen molar-refractivity contribution >= 4 is 83.4 Å². The van der Waals surface area contributed by atoms with E-state index in [1.807, 2.05) is 0 Å². The maximum atomic E-state index is 5.92. The van der Waals surface area contributed by atoms with E-state index >= 15 is 0 Å². The summed E-state index contributed by atoms with van der Waals surface area (Å²) in [6.45, 7) is 1.48. The van der Waals surface area contributed by atoms with E-state index in [4.69, 9.17) is 9.47 Å². The summed E-state index contributed by atoms with van der Waals surface area (Å²) >= 11 is 6.01. The average Bonchev–Trinajstić information content (AvgIpc) is 2.79. The molecule has 0 amide bonds. The van der Waals surface area contributed by atoms with Crippen LogP contribution in [0.1, 0.15) is 24.0 Å². The Hall–Kier alpha value is 0.133. The van der Waals surface area contributed by atoms with E-state index in [0.717, 1.165) is 50.9 Å². The SMILES string of the molecule is [Li][Se]([Li])([Se][Se]c1ccccc1C1=NCCCO1)c1ccccc1C1=NCCCO1. The van der Waals surface area contributed by atoms with Gasteiger partial charge in [-0.1, -0.05) is 0 Å². The van der Waals surface area contributed by atoms with E-state index in [9.17, 15) is 0 Å². The second-order valence-electron chi connectivity index (χ2n) is 7.15. The molecule has 2 aromatic carbocycles. The first-order valence-corrected chi connectivity index (χ1v) is 23.6. The number of nitrogens with zero attached hydrogens (tertiary/aromatic N) is 2. The molecule has 0 radical (unpaired) electrons. The van der Waals surface area contributed by atoms with Crippen LogP contribution in [0, 0.1) is 0 Å². The third-order valence-electron chi connectivity index (χ3n) is 4.65. The molecule has 0 fully saturated rings. The van der Waals surface area contributed by atoms with Crippen LogP contribution in [-0.4, -0.2) is 101 Å². The van der Waals surface area contributed by atoms with Gasteiger partial charge in [-0.2, -0.15) is 0 Å². The summed E-state index contributed by atoms with van der Waals surface area (Å²) in [7, 11) is 0. The van der Waals surface area contributed by atoms with Crippen LogP contribution >= 0.6 is 0 Å². The van der Waals surface area contributed by atoms with Crippen molar-refractivity contribution in [1.82, 2.24) is 0 Å². The van der Waals surface area contributed by atoms with Crippen molar-refractivity contribution < 1.29 is 9.47 Å². The Bertz CT molecular complexity index is 937. The minimum atomic E-state index is -1.83. The third-order valence-corrected chi connectivity index (χ3v) is 41.1. The fourth-order valence-corrected chi connectivity index (χ4v) is 31.5. The summed E-state index contributed by atoms with van der Waals surface area (Å²) < 4.78 is 14.7. The molecule has 29 heavy (non-hydrogen) atoms. The zero-order valence-corrected chi connectivity index (χ0v) is 21.9. The molecule has 142 valence electrons. The summed E-state index contributed by atoms with van der Waals surface area (Å²) in [5, 5.41) is 0. The predicted octanol–water partition coefficient (Wildman–Crippen LogP) is 0.152. The number of aliphatic imine (C=N–C) groups is 2. The quantitative estimate of drug-likeness (QED) is 0.464. The monoisotopic (exact) mass is 574 g/mol. The van der Waals surface area contributed by atoms with E-state index in [-0.39, 0.29) is 0 Å².